The molecule has 162 valence electrons. The van der Waals surface area contributed by atoms with Crippen molar-refractivity contribution in [3.05, 3.63) is 23.5 Å². The number of hydrogen-bond donors (Lipinski definition) is 1. The molecule has 1 saturated carbocycles. The van der Waals surface area contributed by atoms with Gasteiger partial charge in [0.1, 0.15) is 5.78 Å². The summed E-state index contributed by atoms with van der Waals surface area (Å²) >= 11 is 0. The van der Waals surface area contributed by atoms with Gasteiger partial charge in [0.05, 0.1) is 0 Å². The second-order valence-corrected chi connectivity index (χ2v) is 7.22. The highest BCUT2D eigenvalue weighted by atomic mass is 16.1. The van der Waals surface area contributed by atoms with E-state index in [2.05, 4.69) is 35.1 Å². The fraction of sp³-hybridized carbons (Fsp3) is 0.750. The molecule has 2 fully saturated rings. The molecule has 2 heterocycles. The fourth-order valence-corrected chi connectivity index (χ4v) is 3.44. The molecule has 0 amide bonds. The third kappa shape index (κ3) is 8.72. The van der Waals surface area contributed by atoms with Crippen LogP contribution in [0.1, 0.15) is 91.8 Å². The quantitative estimate of drug-likeness (QED) is 0.698. The number of carbonyl (C=O) groups excluding carboxylic acids is 1. The van der Waals surface area contributed by atoms with Gasteiger partial charge in [-0.3, -0.25) is 4.98 Å². The monoisotopic (exact) mass is 391 g/mol. The molecule has 0 aromatic carbocycles. The lowest BCUT2D eigenvalue weighted by molar-refractivity contribution is -0.117. The van der Waals surface area contributed by atoms with Crippen LogP contribution in [0, 0.1) is 6.92 Å². The molecule has 3 rings (SSSR count). The smallest absolute Gasteiger partial charge is 0.129 e. The number of aryl methyl sites for hydroxylation is 1. The van der Waals surface area contributed by atoms with Gasteiger partial charge in [-0.2, -0.15) is 0 Å². The van der Waals surface area contributed by atoms with E-state index in [1.54, 1.807) is 6.92 Å². The number of ketones is 1. The lowest BCUT2D eigenvalue weighted by Crippen LogP contribution is -2.52. The first-order valence-corrected chi connectivity index (χ1v) is 11.4. The van der Waals surface area contributed by atoms with E-state index in [1.807, 2.05) is 40.8 Å². The predicted molar refractivity (Wildman–Crippen MR) is 123 cm³/mol. The second kappa shape index (κ2) is 14.6. The minimum Gasteiger partial charge on any atom is -0.368 e. The van der Waals surface area contributed by atoms with Crippen LogP contribution in [0.5, 0.6) is 0 Å². The van der Waals surface area contributed by atoms with Crippen molar-refractivity contribution in [1.82, 2.24) is 10.3 Å². The number of Topliss-reactive ketones (excluding diaryl/α,β-unsaturated/α-hetero) is 1. The zero-order chi connectivity index (χ0) is 21.6. The number of carbonyl (C=O) groups is 1. The van der Waals surface area contributed by atoms with E-state index in [4.69, 9.17) is 0 Å². The summed E-state index contributed by atoms with van der Waals surface area (Å²) < 4.78 is 0. The lowest BCUT2D eigenvalue weighted by atomic mass is 10.0. The molecule has 4 nitrogen and oxygen atoms in total. The van der Waals surface area contributed by atoms with E-state index in [1.165, 1.54) is 42.8 Å². The zero-order valence-corrected chi connectivity index (χ0v) is 19.8. The third-order valence-corrected chi connectivity index (χ3v) is 4.92. The van der Waals surface area contributed by atoms with Crippen molar-refractivity contribution in [2.45, 2.75) is 99.5 Å². The standard InChI is InChI=1S/C15H23N3.C5H10O.2C2H6/c1-3-4-13-12(2)16-8-5-14(13)18-10-9-17-15(11-18)6-7-15;1-3-4-5(2)6;2*1-2/h5,8,17H,3-4,6-7,9-11H2,1-2H3;3-4H2,1-2H3;2*1-2H3. The van der Waals surface area contributed by atoms with Crippen LogP contribution in [0.15, 0.2) is 12.3 Å². The molecule has 2 aliphatic rings. The fourth-order valence-electron chi connectivity index (χ4n) is 3.44. The Morgan fingerprint density at radius 3 is 2.29 bits per heavy atom. The first-order chi connectivity index (χ1) is 13.5. The SMILES string of the molecule is CC.CC.CCCC(C)=O.CCCc1c(N2CCNC3(CC3)C2)ccnc1C. The Morgan fingerprint density at radius 1 is 1.18 bits per heavy atom. The molecule has 1 spiro atoms. The first-order valence-electron chi connectivity index (χ1n) is 11.4. The number of aromatic nitrogens is 1. The van der Waals surface area contributed by atoms with Gasteiger partial charge in [0.25, 0.3) is 0 Å². The first kappa shape index (κ1) is 26.6. The molecule has 1 aromatic rings. The van der Waals surface area contributed by atoms with Gasteiger partial charge in [0.2, 0.25) is 0 Å². The van der Waals surface area contributed by atoms with Crippen LogP contribution in [-0.2, 0) is 11.2 Å². The molecule has 28 heavy (non-hydrogen) atoms. The number of piperazine rings is 1. The van der Waals surface area contributed by atoms with Crippen molar-refractivity contribution >= 4 is 11.5 Å². The maximum Gasteiger partial charge on any atom is 0.129 e. The van der Waals surface area contributed by atoms with Gasteiger partial charge >= 0.3 is 0 Å². The number of anilines is 1. The highest BCUT2D eigenvalue weighted by Crippen LogP contribution is 2.39. The average molecular weight is 392 g/mol. The van der Waals surface area contributed by atoms with Crippen molar-refractivity contribution in [3.63, 3.8) is 0 Å². The Labute approximate surface area is 174 Å². The number of nitrogens with one attached hydrogen (secondary N) is 1. The number of hydrogen-bond acceptors (Lipinski definition) is 4. The Bertz CT molecular complexity index is 553. The van der Waals surface area contributed by atoms with Crippen molar-refractivity contribution < 1.29 is 4.79 Å². The van der Waals surface area contributed by atoms with Crippen LogP contribution in [0.4, 0.5) is 5.69 Å². The highest BCUT2D eigenvalue weighted by Gasteiger charge is 2.45. The maximum absolute atomic E-state index is 10.0. The van der Waals surface area contributed by atoms with E-state index in [0.29, 0.717) is 5.54 Å². The molecule has 4 heteroatoms. The minimum atomic E-state index is 0.289. The summed E-state index contributed by atoms with van der Waals surface area (Å²) in [6, 6.07) is 2.21. The van der Waals surface area contributed by atoms with Gasteiger partial charge in [-0.25, -0.2) is 0 Å². The Morgan fingerprint density at radius 2 is 1.82 bits per heavy atom. The third-order valence-electron chi connectivity index (χ3n) is 4.92. The van der Waals surface area contributed by atoms with Crippen LogP contribution in [-0.4, -0.2) is 35.9 Å². The van der Waals surface area contributed by atoms with Gasteiger partial charge in [-0.05, 0) is 51.2 Å². The number of pyridine rings is 1. The van der Waals surface area contributed by atoms with Crippen molar-refractivity contribution in [2.75, 3.05) is 24.5 Å². The van der Waals surface area contributed by atoms with Gasteiger partial charge in [-0.15, -0.1) is 0 Å². The molecule has 0 radical (unpaired) electrons. The van der Waals surface area contributed by atoms with Crippen LogP contribution < -0.4 is 10.2 Å². The Kier molecular flexibility index (Phi) is 13.8. The summed E-state index contributed by atoms with van der Waals surface area (Å²) in [4.78, 5) is 17.1. The van der Waals surface area contributed by atoms with Gasteiger partial charge in [0.15, 0.2) is 0 Å². The van der Waals surface area contributed by atoms with Crippen molar-refractivity contribution in [1.29, 1.82) is 0 Å². The summed E-state index contributed by atoms with van der Waals surface area (Å²) in [7, 11) is 0. The normalized spacial score (nSPS) is 15.9. The summed E-state index contributed by atoms with van der Waals surface area (Å²) in [6.45, 7) is 19.4. The minimum absolute atomic E-state index is 0.289. The zero-order valence-electron chi connectivity index (χ0n) is 19.8. The van der Waals surface area contributed by atoms with E-state index in [-0.39, 0.29) is 5.78 Å². The van der Waals surface area contributed by atoms with Crippen LogP contribution in [0.3, 0.4) is 0 Å². The van der Waals surface area contributed by atoms with E-state index < -0.39 is 0 Å². The molecule has 0 atom stereocenters. The molecule has 1 N–H and O–H groups in total. The van der Waals surface area contributed by atoms with Crippen LogP contribution in [0.2, 0.25) is 0 Å². The maximum atomic E-state index is 10.0. The molecular formula is C24H45N3O. The van der Waals surface area contributed by atoms with Gasteiger partial charge in [0, 0.05) is 49.2 Å². The van der Waals surface area contributed by atoms with Crippen molar-refractivity contribution in [3.8, 4) is 0 Å². The van der Waals surface area contributed by atoms with E-state index >= 15 is 0 Å². The van der Waals surface area contributed by atoms with E-state index in [0.717, 1.165) is 32.4 Å². The number of rotatable bonds is 5. The predicted octanol–water partition coefficient (Wildman–Crippen LogP) is 5.71. The number of nitrogens with zero attached hydrogens (tertiary/aromatic N) is 2. The van der Waals surface area contributed by atoms with Crippen LogP contribution in [0.25, 0.3) is 0 Å². The van der Waals surface area contributed by atoms with E-state index in [9.17, 15) is 4.79 Å². The molecule has 1 saturated heterocycles. The topological polar surface area (TPSA) is 45.2 Å². The second-order valence-electron chi connectivity index (χ2n) is 7.22. The molecular weight excluding hydrogens is 346 g/mol. The Balaban J connectivity index is 0.000000622. The highest BCUT2D eigenvalue weighted by molar-refractivity contribution is 5.75. The molecule has 1 aromatic heterocycles. The molecule has 0 unspecified atom stereocenters. The van der Waals surface area contributed by atoms with Gasteiger partial charge < -0.3 is 15.0 Å². The summed E-state index contributed by atoms with van der Waals surface area (Å²) in [5.74, 6) is 0.289. The van der Waals surface area contributed by atoms with Crippen LogP contribution >= 0.6 is 0 Å². The lowest BCUT2D eigenvalue weighted by Gasteiger charge is -2.37. The summed E-state index contributed by atoms with van der Waals surface area (Å²) in [6.07, 6.45) is 8.71. The molecule has 0 bridgehead atoms. The summed E-state index contributed by atoms with van der Waals surface area (Å²) in [5.41, 5.74) is 4.53. The summed E-state index contributed by atoms with van der Waals surface area (Å²) in [5, 5.41) is 3.68. The van der Waals surface area contributed by atoms with Crippen molar-refractivity contribution in [2.24, 2.45) is 0 Å². The average Bonchev–Trinajstić information content (AvgIpc) is 3.45. The molecule has 1 aliphatic heterocycles. The largest absolute Gasteiger partial charge is 0.368 e. The van der Waals surface area contributed by atoms with Gasteiger partial charge in [-0.1, -0.05) is 48.0 Å². The molecule has 1 aliphatic carbocycles. The Hall–Kier alpha value is -1.42.